The highest BCUT2D eigenvalue weighted by Gasteiger charge is 2.26. The number of aromatic hydroxyl groups is 2. The van der Waals surface area contributed by atoms with Gasteiger partial charge in [-0.2, -0.15) is 0 Å². The predicted molar refractivity (Wildman–Crippen MR) is 80.6 cm³/mol. The summed E-state index contributed by atoms with van der Waals surface area (Å²) < 4.78 is 25.7. The van der Waals surface area contributed by atoms with Gasteiger partial charge in [0.1, 0.15) is 16.4 Å². The number of benzene rings is 2. The van der Waals surface area contributed by atoms with Gasteiger partial charge in [-0.05, 0) is 68.1 Å². The van der Waals surface area contributed by atoms with Gasteiger partial charge >= 0.3 is 0 Å². The lowest BCUT2D eigenvalue weighted by Gasteiger charge is -2.14. The minimum Gasteiger partial charge on any atom is -0.508 e. The molecule has 0 saturated carbocycles. The average molecular weight is 306 g/mol. The van der Waals surface area contributed by atoms with E-state index in [0.29, 0.717) is 16.7 Å². The molecule has 0 radical (unpaired) electrons. The average Bonchev–Trinajstić information content (AvgIpc) is 2.33. The van der Waals surface area contributed by atoms with E-state index in [1.165, 1.54) is 18.2 Å². The summed E-state index contributed by atoms with van der Waals surface area (Å²) in [7, 11) is -3.85. The zero-order chi connectivity index (χ0) is 15.9. The first-order chi connectivity index (χ1) is 9.66. The van der Waals surface area contributed by atoms with Crippen LogP contribution in [0.2, 0.25) is 0 Å². The van der Waals surface area contributed by atoms with Gasteiger partial charge in [0.05, 0.1) is 4.90 Å². The summed E-state index contributed by atoms with van der Waals surface area (Å²) in [6.07, 6.45) is 0. The fourth-order valence-electron chi connectivity index (χ4n) is 2.46. The van der Waals surface area contributed by atoms with Crippen LogP contribution < -0.4 is 0 Å². The van der Waals surface area contributed by atoms with Crippen molar-refractivity contribution in [3.8, 4) is 11.5 Å². The third-order valence-electron chi connectivity index (χ3n) is 3.67. The molecule has 0 aliphatic carbocycles. The Balaban J connectivity index is 2.78. The first kappa shape index (κ1) is 15.4. The van der Waals surface area contributed by atoms with Crippen LogP contribution in [0.5, 0.6) is 11.5 Å². The number of phenolic OH excluding ortho intramolecular Hbond substituents is 2. The van der Waals surface area contributed by atoms with Gasteiger partial charge in [0.25, 0.3) is 0 Å². The first-order valence-electron chi connectivity index (χ1n) is 6.50. The first-order valence-corrected chi connectivity index (χ1v) is 7.99. The van der Waals surface area contributed by atoms with Crippen LogP contribution in [0, 0.1) is 27.7 Å². The van der Waals surface area contributed by atoms with Crippen LogP contribution in [0.15, 0.2) is 34.1 Å². The topological polar surface area (TPSA) is 74.6 Å². The highest BCUT2D eigenvalue weighted by atomic mass is 32.2. The maximum Gasteiger partial charge on any atom is 0.210 e. The quantitative estimate of drug-likeness (QED) is 0.893. The van der Waals surface area contributed by atoms with Gasteiger partial charge < -0.3 is 10.2 Å². The molecule has 0 atom stereocenters. The molecule has 0 aliphatic rings. The highest BCUT2D eigenvalue weighted by molar-refractivity contribution is 7.91. The molecule has 0 amide bonds. The van der Waals surface area contributed by atoms with E-state index in [1.54, 1.807) is 33.8 Å². The van der Waals surface area contributed by atoms with Crippen LogP contribution in [0.1, 0.15) is 22.3 Å². The van der Waals surface area contributed by atoms with Crippen molar-refractivity contribution in [3.63, 3.8) is 0 Å². The van der Waals surface area contributed by atoms with Gasteiger partial charge in [-0.15, -0.1) is 0 Å². The van der Waals surface area contributed by atoms with E-state index in [0.717, 1.165) is 5.56 Å². The zero-order valence-electron chi connectivity index (χ0n) is 12.4. The minimum atomic E-state index is -3.85. The van der Waals surface area contributed by atoms with Crippen LogP contribution in [0.25, 0.3) is 0 Å². The van der Waals surface area contributed by atoms with Gasteiger partial charge in [0.15, 0.2) is 0 Å². The third-order valence-corrected chi connectivity index (χ3v) is 5.76. The maximum absolute atomic E-state index is 12.8. The monoisotopic (exact) mass is 306 g/mol. The summed E-state index contributed by atoms with van der Waals surface area (Å²) in [6, 6.07) is 5.87. The van der Waals surface area contributed by atoms with Gasteiger partial charge in [-0.25, -0.2) is 8.42 Å². The Bertz CT molecular complexity index is 797. The van der Waals surface area contributed by atoms with Crippen molar-refractivity contribution < 1.29 is 18.6 Å². The lowest BCUT2D eigenvalue weighted by molar-refractivity contribution is 0.457. The molecule has 0 saturated heterocycles. The number of aryl methyl sites for hydroxylation is 2. The molecule has 4 nitrogen and oxygen atoms in total. The molecule has 112 valence electrons. The van der Waals surface area contributed by atoms with Crippen molar-refractivity contribution in [1.82, 2.24) is 0 Å². The van der Waals surface area contributed by atoms with Crippen LogP contribution in [-0.4, -0.2) is 18.6 Å². The molecule has 21 heavy (non-hydrogen) atoms. The molecule has 2 aromatic rings. The smallest absolute Gasteiger partial charge is 0.210 e. The third kappa shape index (κ3) is 2.49. The molecule has 0 aromatic heterocycles. The standard InChI is InChI=1S/C16H18O4S/c1-9-7-10(2)16(14(18)8-9)21(19,20)15-6-5-13(17)11(3)12(15)4/h5-8,17-18H,1-4H3. The van der Waals surface area contributed by atoms with Crippen molar-refractivity contribution in [1.29, 1.82) is 0 Å². The molecule has 2 rings (SSSR count). The number of hydrogen-bond donors (Lipinski definition) is 2. The Hall–Kier alpha value is -2.01. The van der Waals surface area contributed by atoms with E-state index in [2.05, 4.69) is 0 Å². The van der Waals surface area contributed by atoms with Crippen molar-refractivity contribution >= 4 is 9.84 Å². The molecule has 0 heterocycles. The molecule has 5 heteroatoms. The second-order valence-electron chi connectivity index (χ2n) is 5.27. The molecule has 0 aliphatic heterocycles. The van der Waals surface area contributed by atoms with E-state index in [9.17, 15) is 18.6 Å². The van der Waals surface area contributed by atoms with Crippen molar-refractivity contribution in [2.24, 2.45) is 0 Å². The molecule has 2 N–H and O–H groups in total. The molecule has 0 spiro atoms. The Kier molecular flexibility index (Phi) is 3.72. The highest BCUT2D eigenvalue weighted by Crippen LogP contribution is 2.36. The van der Waals surface area contributed by atoms with Crippen molar-refractivity contribution in [2.75, 3.05) is 0 Å². The second kappa shape index (κ2) is 5.07. The number of hydrogen-bond acceptors (Lipinski definition) is 4. The van der Waals surface area contributed by atoms with Crippen molar-refractivity contribution in [3.05, 3.63) is 46.5 Å². The lowest BCUT2D eigenvalue weighted by Crippen LogP contribution is -2.07. The summed E-state index contributed by atoms with van der Waals surface area (Å²) in [5, 5.41) is 19.7. The SMILES string of the molecule is Cc1cc(C)c(S(=O)(=O)c2ccc(O)c(C)c2C)c(O)c1. The number of sulfone groups is 1. The Labute approximate surface area is 124 Å². The summed E-state index contributed by atoms with van der Waals surface area (Å²) in [5.41, 5.74) is 2.29. The summed E-state index contributed by atoms with van der Waals surface area (Å²) in [5.74, 6) is -0.200. The molecule has 0 fully saturated rings. The molecular formula is C16H18O4S. The van der Waals surface area contributed by atoms with Gasteiger partial charge in [0.2, 0.25) is 9.84 Å². The van der Waals surface area contributed by atoms with Gasteiger partial charge in [0, 0.05) is 0 Å². The normalized spacial score (nSPS) is 11.6. The van der Waals surface area contributed by atoms with Gasteiger partial charge in [-0.1, -0.05) is 6.07 Å². The fourth-order valence-corrected chi connectivity index (χ4v) is 4.30. The van der Waals surface area contributed by atoms with Crippen LogP contribution in [-0.2, 0) is 9.84 Å². The molecule has 2 aromatic carbocycles. The van der Waals surface area contributed by atoms with E-state index in [-0.39, 0.29) is 21.3 Å². The van der Waals surface area contributed by atoms with E-state index in [4.69, 9.17) is 0 Å². The van der Waals surface area contributed by atoms with Crippen molar-refractivity contribution in [2.45, 2.75) is 37.5 Å². The van der Waals surface area contributed by atoms with Crippen LogP contribution in [0.4, 0.5) is 0 Å². The van der Waals surface area contributed by atoms with E-state index in [1.807, 2.05) is 0 Å². The number of rotatable bonds is 2. The van der Waals surface area contributed by atoms with Crippen LogP contribution >= 0.6 is 0 Å². The maximum atomic E-state index is 12.8. The lowest BCUT2D eigenvalue weighted by atomic mass is 10.1. The fraction of sp³-hybridized carbons (Fsp3) is 0.250. The minimum absolute atomic E-state index is 0.0521. The van der Waals surface area contributed by atoms with E-state index < -0.39 is 9.84 Å². The van der Waals surface area contributed by atoms with Crippen LogP contribution in [0.3, 0.4) is 0 Å². The molecule has 0 bridgehead atoms. The Morgan fingerprint density at radius 2 is 1.48 bits per heavy atom. The summed E-state index contributed by atoms with van der Waals surface area (Å²) in [6.45, 7) is 6.75. The zero-order valence-corrected chi connectivity index (χ0v) is 13.2. The molecular weight excluding hydrogens is 288 g/mol. The molecule has 0 unspecified atom stereocenters. The summed E-state index contributed by atoms with van der Waals surface area (Å²) >= 11 is 0. The van der Waals surface area contributed by atoms with Gasteiger partial charge in [-0.3, -0.25) is 0 Å². The Morgan fingerprint density at radius 3 is 2.05 bits per heavy atom. The Morgan fingerprint density at radius 1 is 0.857 bits per heavy atom. The second-order valence-corrected chi connectivity index (χ2v) is 7.12. The van der Waals surface area contributed by atoms with E-state index >= 15 is 0 Å². The summed E-state index contributed by atoms with van der Waals surface area (Å²) in [4.78, 5) is 0.0151. The largest absolute Gasteiger partial charge is 0.508 e. The predicted octanol–water partition coefficient (Wildman–Crippen LogP) is 3.16. The number of phenols is 2.